The van der Waals surface area contributed by atoms with Gasteiger partial charge in [0, 0.05) is 7.05 Å². The van der Waals surface area contributed by atoms with Gasteiger partial charge in [-0.3, -0.25) is 10.3 Å². The summed E-state index contributed by atoms with van der Waals surface area (Å²) in [5.74, 6) is 0.571. The van der Waals surface area contributed by atoms with Crippen LogP contribution in [0.4, 0.5) is 4.79 Å². The van der Waals surface area contributed by atoms with Crippen molar-refractivity contribution >= 4 is 22.8 Å². The van der Waals surface area contributed by atoms with Crippen LogP contribution in [-0.4, -0.2) is 37.2 Å². The summed E-state index contributed by atoms with van der Waals surface area (Å²) < 4.78 is 5.24. The van der Waals surface area contributed by atoms with Crippen molar-refractivity contribution in [3.05, 3.63) is 48.0 Å². The van der Waals surface area contributed by atoms with Crippen molar-refractivity contribution in [1.29, 1.82) is 0 Å². The number of likely N-dealkylation sites (N-methyl/N-ethyl adjacent to an activating group) is 1. The first kappa shape index (κ1) is 18.2. The van der Waals surface area contributed by atoms with Gasteiger partial charge in [-0.15, -0.1) is 0 Å². The van der Waals surface area contributed by atoms with E-state index in [1.165, 1.54) is 29.2 Å². The summed E-state index contributed by atoms with van der Waals surface area (Å²) >= 11 is 0. The van der Waals surface area contributed by atoms with E-state index in [2.05, 4.69) is 47.6 Å². The zero-order valence-electron chi connectivity index (χ0n) is 15.6. The number of fused-ring (bicyclic) bond motifs is 1. The van der Waals surface area contributed by atoms with Crippen LogP contribution in [0.5, 0.6) is 0 Å². The van der Waals surface area contributed by atoms with Gasteiger partial charge in [0.15, 0.2) is 0 Å². The van der Waals surface area contributed by atoms with Gasteiger partial charge >= 0.3 is 6.09 Å². The lowest BCUT2D eigenvalue weighted by molar-refractivity contribution is 0.148. The Hall–Kier alpha value is -2.56. The number of benzene rings is 2. The van der Waals surface area contributed by atoms with E-state index in [1.807, 2.05) is 24.1 Å². The van der Waals surface area contributed by atoms with E-state index in [0.717, 1.165) is 12.8 Å². The number of carbonyl (C=O) groups excluding carboxylic acids is 1. The molecule has 0 spiro atoms. The fraction of sp³-hybridized carbons (Fsp3) is 0.429. The zero-order chi connectivity index (χ0) is 18.4. The second-order valence-corrected chi connectivity index (χ2v) is 6.72. The number of amides is 1. The molecule has 0 aliphatic carbocycles. The Morgan fingerprint density at radius 3 is 2.81 bits per heavy atom. The maximum atomic E-state index is 12.0. The van der Waals surface area contributed by atoms with Gasteiger partial charge in [-0.05, 0) is 28.8 Å². The molecule has 1 aliphatic heterocycles. The molecule has 0 fully saturated rings. The molecule has 1 heterocycles. The quantitative estimate of drug-likeness (QED) is 0.779. The molecule has 1 amide bonds. The second-order valence-electron chi connectivity index (χ2n) is 6.72. The van der Waals surface area contributed by atoms with Crippen molar-refractivity contribution in [2.45, 2.75) is 38.6 Å². The van der Waals surface area contributed by atoms with E-state index in [9.17, 15) is 4.79 Å². The summed E-state index contributed by atoms with van der Waals surface area (Å²) in [6, 6.07) is 14.9. The van der Waals surface area contributed by atoms with Crippen molar-refractivity contribution in [2.24, 2.45) is 4.99 Å². The van der Waals surface area contributed by atoms with E-state index in [4.69, 9.17) is 4.74 Å². The van der Waals surface area contributed by atoms with Gasteiger partial charge in [-0.2, -0.15) is 0 Å². The number of carbonyl (C=O) groups is 1. The number of alkyl carbamates (subject to hydrolysis) is 1. The maximum absolute atomic E-state index is 12.0. The van der Waals surface area contributed by atoms with Crippen LogP contribution < -0.4 is 5.32 Å². The van der Waals surface area contributed by atoms with Gasteiger partial charge in [0.1, 0.15) is 0 Å². The number of nitrogens with one attached hydrogen (secondary N) is 1. The Morgan fingerprint density at radius 2 is 2.00 bits per heavy atom. The molecule has 5 nitrogen and oxygen atoms in total. The summed E-state index contributed by atoms with van der Waals surface area (Å²) in [6.07, 6.45) is 3.92. The molecule has 1 atom stereocenters. The number of guanidine groups is 1. The molecule has 1 N–H and O–H groups in total. The van der Waals surface area contributed by atoms with Crippen molar-refractivity contribution in [3.63, 3.8) is 0 Å². The highest BCUT2D eigenvalue weighted by atomic mass is 16.5. The van der Waals surface area contributed by atoms with Crippen LogP contribution in [-0.2, 0) is 4.74 Å². The summed E-state index contributed by atoms with van der Waals surface area (Å²) in [7, 11) is 1.95. The molecule has 0 aromatic heterocycles. The zero-order valence-corrected chi connectivity index (χ0v) is 15.6. The Bertz CT molecular complexity index is 788. The molecule has 0 saturated carbocycles. The van der Waals surface area contributed by atoms with Crippen LogP contribution in [0.2, 0.25) is 0 Å². The number of ether oxygens (including phenoxy) is 1. The first-order chi connectivity index (χ1) is 12.7. The predicted octanol–water partition coefficient (Wildman–Crippen LogP) is 4.49. The smallest absolute Gasteiger partial charge is 0.413 e. The minimum atomic E-state index is -0.425. The van der Waals surface area contributed by atoms with E-state index in [-0.39, 0.29) is 6.04 Å². The average molecular weight is 353 g/mol. The number of hydrogen-bond acceptors (Lipinski definition) is 4. The number of hydrogen-bond donors (Lipinski definition) is 1. The maximum Gasteiger partial charge on any atom is 0.413 e. The molecule has 2 aromatic rings. The third-order valence-corrected chi connectivity index (χ3v) is 4.82. The van der Waals surface area contributed by atoms with Crippen LogP contribution >= 0.6 is 0 Å². The Labute approximate surface area is 155 Å². The van der Waals surface area contributed by atoms with Crippen LogP contribution in [0.25, 0.3) is 10.8 Å². The predicted molar refractivity (Wildman–Crippen MR) is 105 cm³/mol. The molecular weight excluding hydrogens is 326 g/mol. The minimum absolute atomic E-state index is 0.125. The number of rotatable bonds is 6. The number of unbranched alkanes of at least 4 members (excludes halogenated alkanes) is 3. The Kier molecular flexibility index (Phi) is 6.10. The van der Waals surface area contributed by atoms with Crippen LogP contribution in [0.15, 0.2) is 47.5 Å². The van der Waals surface area contributed by atoms with Gasteiger partial charge in [0.05, 0.1) is 19.2 Å². The van der Waals surface area contributed by atoms with E-state index in [1.54, 1.807) is 0 Å². The van der Waals surface area contributed by atoms with Crippen molar-refractivity contribution in [2.75, 3.05) is 20.2 Å². The monoisotopic (exact) mass is 353 g/mol. The van der Waals surface area contributed by atoms with Gasteiger partial charge < -0.3 is 9.64 Å². The lowest BCUT2D eigenvalue weighted by Gasteiger charge is -2.23. The minimum Gasteiger partial charge on any atom is -0.449 e. The highest BCUT2D eigenvalue weighted by molar-refractivity contribution is 5.95. The molecule has 0 radical (unpaired) electrons. The number of aliphatic imine (C=N–C) groups is 1. The number of nitrogens with zero attached hydrogens (tertiary/aromatic N) is 2. The fourth-order valence-electron chi connectivity index (χ4n) is 3.25. The first-order valence-corrected chi connectivity index (χ1v) is 9.39. The molecular formula is C21H27N3O2. The van der Waals surface area contributed by atoms with Gasteiger partial charge in [0.2, 0.25) is 5.96 Å². The van der Waals surface area contributed by atoms with Crippen molar-refractivity contribution in [1.82, 2.24) is 10.2 Å². The molecule has 0 saturated heterocycles. The molecule has 138 valence electrons. The molecule has 2 aromatic carbocycles. The molecule has 1 aliphatic rings. The van der Waals surface area contributed by atoms with Gasteiger partial charge in [0.25, 0.3) is 0 Å². The standard InChI is InChI=1S/C21H27N3O2/c1-3-4-5-8-13-26-21(25)23-20-22-15-19(24(20)2)18-12-11-16-9-6-7-10-17(16)14-18/h6-7,9-12,14,19H,3-5,8,13,15H2,1-2H3,(H,22,23,25). The molecule has 5 heteroatoms. The molecule has 1 unspecified atom stereocenters. The van der Waals surface area contributed by atoms with E-state index >= 15 is 0 Å². The normalized spacial score (nSPS) is 16.6. The largest absolute Gasteiger partial charge is 0.449 e. The van der Waals surface area contributed by atoms with Crippen LogP contribution in [0.3, 0.4) is 0 Å². The lowest BCUT2D eigenvalue weighted by atomic mass is 10.0. The third kappa shape index (κ3) is 4.34. The topological polar surface area (TPSA) is 53.9 Å². The Balaban J connectivity index is 1.55. The van der Waals surface area contributed by atoms with Crippen LogP contribution in [0.1, 0.15) is 44.2 Å². The molecule has 26 heavy (non-hydrogen) atoms. The average Bonchev–Trinajstić information content (AvgIpc) is 3.01. The lowest BCUT2D eigenvalue weighted by Crippen LogP contribution is -2.40. The summed E-state index contributed by atoms with van der Waals surface area (Å²) in [5.41, 5.74) is 1.19. The Morgan fingerprint density at radius 1 is 1.19 bits per heavy atom. The van der Waals surface area contributed by atoms with Gasteiger partial charge in [-0.25, -0.2) is 4.79 Å². The first-order valence-electron chi connectivity index (χ1n) is 9.39. The van der Waals surface area contributed by atoms with Gasteiger partial charge in [-0.1, -0.05) is 62.6 Å². The van der Waals surface area contributed by atoms with Crippen molar-refractivity contribution < 1.29 is 9.53 Å². The molecule has 0 bridgehead atoms. The van der Waals surface area contributed by atoms with Crippen molar-refractivity contribution in [3.8, 4) is 0 Å². The van der Waals surface area contributed by atoms with E-state index < -0.39 is 6.09 Å². The highest BCUT2D eigenvalue weighted by Crippen LogP contribution is 2.27. The summed E-state index contributed by atoms with van der Waals surface area (Å²) in [6.45, 7) is 3.24. The summed E-state index contributed by atoms with van der Waals surface area (Å²) in [5, 5.41) is 5.21. The van der Waals surface area contributed by atoms with E-state index in [0.29, 0.717) is 19.1 Å². The van der Waals surface area contributed by atoms with Crippen LogP contribution in [0, 0.1) is 0 Å². The summed E-state index contributed by atoms with van der Waals surface area (Å²) in [4.78, 5) is 18.4. The third-order valence-electron chi connectivity index (χ3n) is 4.82. The fourth-order valence-corrected chi connectivity index (χ4v) is 3.25. The highest BCUT2D eigenvalue weighted by Gasteiger charge is 2.27. The SMILES string of the molecule is CCCCCCOC(=O)NC1=NCC(c2ccc3ccccc3c2)N1C. The molecule has 3 rings (SSSR count). The second kappa shape index (κ2) is 8.70.